The number of hydrogen-bond acceptors (Lipinski definition) is 1. The molecule has 0 bridgehead atoms. The van der Waals surface area contributed by atoms with Crippen LogP contribution in [0.5, 0.6) is 0 Å². The zero-order valence-corrected chi connectivity index (χ0v) is 17.4. The molecule has 0 atom stereocenters. The molecule has 0 radical (unpaired) electrons. The molecule has 2 fully saturated rings. The maximum Gasteiger partial charge on any atom is 0.0655 e. The molecular weight excluding hydrogens is 314 g/mol. The van der Waals surface area contributed by atoms with Crippen molar-refractivity contribution in [2.24, 2.45) is 23.7 Å². The normalized spacial score (nSPS) is 29.7. The fourth-order valence-electron chi connectivity index (χ4n) is 5.13. The Morgan fingerprint density at radius 3 is 1.73 bits per heavy atom. The lowest BCUT2D eigenvalue weighted by Crippen LogP contribution is -2.17. The summed E-state index contributed by atoms with van der Waals surface area (Å²) in [6.07, 6.45) is 28.2. The Kier molecular flexibility index (Phi) is 11.1. The van der Waals surface area contributed by atoms with E-state index in [1.165, 1.54) is 109 Å². The van der Waals surface area contributed by atoms with Crippen molar-refractivity contribution in [1.29, 1.82) is 5.26 Å². The van der Waals surface area contributed by atoms with Crippen molar-refractivity contribution in [1.82, 2.24) is 0 Å². The van der Waals surface area contributed by atoms with Crippen LogP contribution in [0.15, 0.2) is 12.2 Å². The van der Waals surface area contributed by atoms with Gasteiger partial charge in [-0.3, -0.25) is 0 Å². The van der Waals surface area contributed by atoms with E-state index in [-0.39, 0.29) is 0 Å². The average Bonchev–Trinajstić information content (AvgIpc) is 2.69. The molecular formula is C25H43N. The molecule has 0 aliphatic heterocycles. The maximum absolute atomic E-state index is 9.02. The Bertz CT molecular complexity index is 402. The van der Waals surface area contributed by atoms with Gasteiger partial charge < -0.3 is 0 Å². The van der Waals surface area contributed by atoms with Gasteiger partial charge >= 0.3 is 0 Å². The van der Waals surface area contributed by atoms with E-state index in [9.17, 15) is 0 Å². The Morgan fingerprint density at radius 1 is 0.692 bits per heavy atom. The molecule has 0 aromatic heterocycles. The van der Waals surface area contributed by atoms with Crippen molar-refractivity contribution in [3.05, 3.63) is 12.2 Å². The second-order valence-corrected chi connectivity index (χ2v) is 9.21. The Labute approximate surface area is 163 Å². The first-order valence-corrected chi connectivity index (χ1v) is 11.9. The van der Waals surface area contributed by atoms with E-state index in [2.05, 4.69) is 25.1 Å². The number of allylic oxidation sites excluding steroid dienone is 2. The molecule has 2 saturated carbocycles. The van der Waals surface area contributed by atoms with Crippen LogP contribution in [0.4, 0.5) is 0 Å². The Morgan fingerprint density at radius 2 is 1.19 bits per heavy atom. The van der Waals surface area contributed by atoms with Crippen LogP contribution in [0, 0.1) is 35.0 Å². The van der Waals surface area contributed by atoms with Gasteiger partial charge in [-0.15, -0.1) is 0 Å². The Hall–Kier alpha value is -0.770. The lowest BCUT2D eigenvalue weighted by molar-refractivity contribution is 0.221. The van der Waals surface area contributed by atoms with Gasteiger partial charge in [0.15, 0.2) is 0 Å². The number of hydrogen-bond donors (Lipinski definition) is 0. The lowest BCUT2D eigenvalue weighted by atomic mass is 9.75. The lowest BCUT2D eigenvalue weighted by Gasteiger charge is -2.31. The quantitative estimate of drug-likeness (QED) is 0.270. The zero-order valence-electron chi connectivity index (χ0n) is 17.4. The first kappa shape index (κ1) is 21.5. The SMILES string of the molecule is CCCCC/C=C\CCC[C@H]1CC[C@H](CC[C@H]2CC[C@H](C#N)CC2)CC1. The third-order valence-electron chi connectivity index (χ3n) is 7.10. The Balaban J connectivity index is 1.46. The topological polar surface area (TPSA) is 23.8 Å². The fraction of sp³-hybridized carbons (Fsp3) is 0.880. The third kappa shape index (κ3) is 8.75. The van der Waals surface area contributed by atoms with E-state index in [1.807, 2.05) is 0 Å². The summed E-state index contributed by atoms with van der Waals surface area (Å²) in [5, 5.41) is 9.02. The van der Waals surface area contributed by atoms with Gasteiger partial charge in [-0.05, 0) is 69.1 Å². The molecule has 148 valence electrons. The molecule has 0 unspecified atom stereocenters. The van der Waals surface area contributed by atoms with Gasteiger partial charge in [0.2, 0.25) is 0 Å². The van der Waals surface area contributed by atoms with E-state index in [4.69, 9.17) is 5.26 Å². The van der Waals surface area contributed by atoms with Crippen molar-refractivity contribution < 1.29 is 0 Å². The van der Waals surface area contributed by atoms with Gasteiger partial charge in [0.05, 0.1) is 6.07 Å². The van der Waals surface area contributed by atoms with E-state index in [1.54, 1.807) is 0 Å². The average molecular weight is 358 g/mol. The molecule has 0 amide bonds. The van der Waals surface area contributed by atoms with Crippen LogP contribution in [0.3, 0.4) is 0 Å². The minimum absolute atomic E-state index is 0.368. The molecule has 0 saturated heterocycles. The highest BCUT2D eigenvalue weighted by Gasteiger charge is 2.24. The summed E-state index contributed by atoms with van der Waals surface area (Å²) in [6.45, 7) is 2.28. The predicted molar refractivity (Wildman–Crippen MR) is 113 cm³/mol. The van der Waals surface area contributed by atoms with Crippen molar-refractivity contribution in [3.8, 4) is 6.07 Å². The van der Waals surface area contributed by atoms with E-state index in [0.29, 0.717) is 5.92 Å². The second-order valence-electron chi connectivity index (χ2n) is 9.21. The van der Waals surface area contributed by atoms with Crippen LogP contribution < -0.4 is 0 Å². The monoisotopic (exact) mass is 357 g/mol. The molecule has 2 aliphatic rings. The van der Waals surface area contributed by atoms with Gasteiger partial charge in [0.25, 0.3) is 0 Å². The molecule has 2 aliphatic carbocycles. The van der Waals surface area contributed by atoms with Gasteiger partial charge in [0, 0.05) is 5.92 Å². The van der Waals surface area contributed by atoms with Crippen LogP contribution in [0.2, 0.25) is 0 Å². The first-order valence-electron chi connectivity index (χ1n) is 11.9. The number of nitrogens with zero attached hydrogens (tertiary/aromatic N) is 1. The van der Waals surface area contributed by atoms with Crippen LogP contribution in [0.1, 0.15) is 116 Å². The second kappa shape index (κ2) is 13.4. The molecule has 0 spiro atoms. The van der Waals surface area contributed by atoms with Gasteiger partial charge in [-0.25, -0.2) is 0 Å². The summed E-state index contributed by atoms with van der Waals surface area (Å²) in [5.41, 5.74) is 0. The highest BCUT2D eigenvalue weighted by Crippen LogP contribution is 2.37. The standard InChI is InChI=1S/C25H43N/c1-2-3-4-5-6-7-8-9-10-22-11-13-23(14-12-22)15-16-24-17-19-25(21-26)20-18-24/h6-7,22-25H,2-5,8-20H2,1H3/b7-6-/t22-,23-,24-,25-. The molecule has 1 nitrogen and oxygen atoms in total. The predicted octanol–water partition coefficient (Wildman–Crippen LogP) is 8.21. The van der Waals surface area contributed by atoms with Crippen LogP contribution in [-0.2, 0) is 0 Å². The van der Waals surface area contributed by atoms with Gasteiger partial charge in [-0.1, -0.05) is 76.9 Å². The first-order chi connectivity index (χ1) is 12.8. The van der Waals surface area contributed by atoms with Crippen molar-refractivity contribution >= 4 is 0 Å². The smallest absolute Gasteiger partial charge is 0.0655 e. The zero-order chi connectivity index (χ0) is 18.5. The summed E-state index contributed by atoms with van der Waals surface area (Å²) >= 11 is 0. The largest absolute Gasteiger partial charge is 0.198 e. The van der Waals surface area contributed by atoms with Crippen LogP contribution in [0.25, 0.3) is 0 Å². The van der Waals surface area contributed by atoms with Gasteiger partial charge in [0.1, 0.15) is 0 Å². The van der Waals surface area contributed by atoms with Crippen molar-refractivity contribution in [2.45, 2.75) is 116 Å². The molecule has 0 aromatic carbocycles. The van der Waals surface area contributed by atoms with Crippen molar-refractivity contribution in [3.63, 3.8) is 0 Å². The third-order valence-corrected chi connectivity index (χ3v) is 7.10. The van der Waals surface area contributed by atoms with Crippen LogP contribution in [-0.4, -0.2) is 0 Å². The van der Waals surface area contributed by atoms with E-state index < -0.39 is 0 Å². The summed E-state index contributed by atoms with van der Waals surface area (Å²) in [6, 6.07) is 2.47. The summed E-state index contributed by atoms with van der Waals surface area (Å²) in [4.78, 5) is 0. The molecule has 26 heavy (non-hydrogen) atoms. The molecule has 2 rings (SSSR count). The van der Waals surface area contributed by atoms with Gasteiger partial charge in [-0.2, -0.15) is 5.26 Å². The number of nitriles is 1. The molecule has 0 heterocycles. The number of rotatable bonds is 11. The highest BCUT2D eigenvalue weighted by atomic mass is 14.3. The van der Waals surface area contributed by atoms with E-state index in [0.717, 1.165) is 17.8 Å². The molecule has 1 heteroatoms. The van der Waals surface area contributed by atoms with E-state index >= 15 is 0 Å². The summed E-state index contributed by atoms with van der Waals surface area (Å²) in [7, 11) is 0. The summed E-state index contributed by atoms with van der Waals surface area (Å²) in [5.74, 6) is 3.33. The number of unbranched alkanes of at least 4 members (excludes halogenated alkanes) is 4. The maximum atomic E-state index is 9.02. The van der Waals surface area contributed by atoms with Crippen LogP contribution >= 0.6 is 0 Å². The molecule has 0 aromatic rings. The molecule has 0 N–H and O–H groups in total. The fourth-order valence-corrected chi connectivity index (χ4v) is 5.13. The van der Waals surface area contributed by atoms with Crippen molar-refractivity contribution in [2.75, 3.05) is 0 Å². The highest BCUT2D eigenvalue weighted by molar-refractivity contribution is 4.87. The summed E-state index contributed by atoms with van der Waals surface area (Å²) < 4.78 is 0. The minimum atomic E-state index is 0.368. The minimum Gasteiger partial charge on any atom is -0.198 e.